The minimum Gasteiger partial charge on any atom is -0.462 e. The molecule has 0 unspecified atom stereocenters. The third-order valence-corrected chi connectivity index (χ3v) is 15.2. The summed E-state index contributed by atoms with van der Waals surface area (Å²) in [4.78, 5) is 37.9. The quantitative estimate of drug-likeness (QED) is 0.0365. The second-order valence-electron chi connectivity index (χ2n) is 23.0. The van der Waals surface area contributed by atoms with Gasteiger partial charge in [0.15, 0.2) is 6.10 Å². The molecule has 454 valence electrons. The third-order valence-electron chi connectivity index (χ3n) is 15.2. The summed E-state index contributed by atoms with van der Waals surface area (Å²) in [6, 6.07) is 0. The van der Waals surface area contributed by atoms with Gasteiger partial charge < -0.3 is 24.1 Å². The Bertz CT molecular complexity index is 1050. The van der Waals surface area contributed by atoms with Crippen LogP contribution in [0, 0.1) is 0 Å². The molecule has 0 aromatic carbocycles. The van der Waals surface area contributed by atoms with E-state index in [0.717, 1.165) is 70.8 Å². The Hall–Kier alpha value is -1.67. The molecule has 0 radical (unpaired) electrons. The molecule has 0 saturated heterocycles. The van der Waals surface area contributed by atoms with Gasteiger partial charge in [0.2, 0.25) is 0 Å². The zero-order valence-electron chi connectivity index (χ0n) is 51.8. The molecule has 0 bridgehead atoms. The maximum absolute atomic E-state index is 12.8. The van der Waals surface area contributed by atoms with Crippen LogP contribution in [0.1, 0.15) is 381 Å². The van der Waals surface area contributed by atoms with Crippen molar-refractivity contribution < 1.29 is 38.4 Å². The van der Waals surface area contributed by atoms with Crippen LogP contribution in [0.4, 0.5) is 0 Å². The molecule has 0 atom stereocenters. The van der Waals surface area contributed by atoms with E-state index in [0.29, 0.717) is 25.9 Å². The van der Waals surface area contributed by atoms with Crippen LogP contribution in [0.5, 0.6) is 0 Å². The lowest BCUT2D eigenvalue weighted by atomic mass is 10.0. The Kier molecular flexibility index (Phi) is 69.8. The Labute approximate surface area is 474 Å². The van der Waals surface area contributed by atoms with E-state index in [1.54, 1.807) is 0 Å². The van der Waals surface area contributed by atoms with E-state index in [9.17, 15) is 14.4 Å². The molecule has 0 aliphatic heterocycles. The molecule has 0 aliphatic carbocycles. The smallest absolute Gasteiger partial charge is 0.306 e. The number of rotatable bonds is 63. The number of unbranched alkanes of at least 4 members (excludes halogenated alkanes) is 47. The number of aliphatic hydroxyl groups excluding tert-OH is 1. The van der Waals surface area contributed by atoms with Crippen molar-refractivity contribution in [2.75, 3.05) is 33.0 Å². The summed E-state index contributed by atoms with van der Waals surface area (Å²) in [5, 5.41) is 8.59. The van der Waals surface area contributed by atoms with Crippen LogP contribution in [0.3, 0.4) is 0 Å². The fraction of sp³-hybridized carbons (Fsp3) is 0.956. The van der Waals surface area contributed by atoms with E-state index in [4.69, 9.17) is 24.1 Å². The van der Waals surface area contributed by atoms with E-state index in [1.807, 2.05) is 0 Å². The number of hydrogen-bond acceptors (Lipinski definition) is 8. The molecule has 0 aliphatic rings. The second-order valence-corrected chi connectivity index (χ2v) is 23.0. The molecule has 0 spiro atoms. The van der Waals surface area contributed by atoms with Crippen molar-refractivity contribution in [1.29, 1.82) is 0 Å². The summed E-state index contributed by atoms with van der Waals surface area (Å²) < 4.78 is 22.2. The van der Waals surface area contributed by atoms with Gasteiger partial charge in [0.1, 0.15) is 13.2 Å². The normalized spacial score (nSPS) is 11.3. The maximum atomic E-state index is 12.8. The van der Waals surface area contributed by atoms with Crippen molar-refractivity contribution in [3.8, 4) is 0 Å². The SMILES string of the molecule is CCCCCCCCCCCCCCCC(=O)OCC(COC(=O)CCCCCCCCCCCCCCC)OC(=O)CCCCCCCCCCCCCCC.CCCCCCCCCCCCCCOCCCO. The first-order chi connectivity index (χ1) is 37.4. The summed E-state index contributed by atoms with van der Waals surface area (Å²) in [5.41, 5.74) is 0. The van der Waals surface area contributed by atoms with Gasteiger partial charge in [-0.15, -0.1) is 0 Å². The first-order valence-electron chi connectivity index (χ1n) is 34.1. The highest BCUT2D eigenvalue weighted by atomic mass is 16.6. The van der Waals surface area contributed by atoms with Gasteiger partial charge in [0, 0.05) is 39.1 Å². The largest absolute Gasteiger partial charge is 0.462 e. The molecule has 0 fully saturated rings. The molecule has 76 heavy (non-hydrogen) atoms. The monoisotopic (exact) mass is 1080 g/mol. The predicted octanol–water partition coefficient (Wildman–Crippen LogP) is 21.5. The standard InChI is InChI=1S/C51H98O6.C17H36O2/c1-4-7-10-13-16-19-22-25-28-31-34-37-40-43-49(52)55-46-48(57-51(54)45-42-39-36-33-30-27-24-21-18-15-12-9-6-3)47-56-50(53)44-41-38-35-32-29-26-23-20-17-14-11-8-5-2;1-2-3-4-5-6-7-8-9-10-11-12-13-16-19-17-14-15-18/h48H,4-47H2,1-3H3;18H,2-17H2,1H3. The molecule has 0 amide bonds. The van der Waals surface area contributed by atoms with Crippen LogP contribution in [0.25, 0.3) is 0 Å². The molecular formula is C68H134O8. The molecule has 0 aromatic rings. The van der Waals surface area contributed by atoms with Gasteiger partial charge in [-0.2, -0.15) is 0 Å². The van der Waals surface area contributed by atoms with Crippen molar-refractivity contribution >= 4 is 17.9 Å². The van der Waals surface area contributed by atoms with Crippen molar-refractivity contribution in [3.63, 3.8) is 0 Å². The molecule has 1 N–H and O–H groups in total. The summed E-state index contributed by atoms with van der Waals surface area (Å²) in [7, 11) is 0. The zero-order valence-corrected chi connectivity index (χ0v) is 51.8. The fourth-order valence-electron chi connectivity index (χ4n) is 10.1. The van der Waals surface area contributed by atoms with E-state index >= 15 is 0 Å². The molecule has 0 rings (SSSR count). The van der Waals surface area contributed by atoms with Crippen molar-refractivity contribution in [3.05, 3.63) is 0 Å². The van der Waals surface area contributed by atoms with E-state index in [-0.39, 0.29) is 37.7 Å². The lowest BCUT2D eigenvalue weighted by molar-refractivity contribution is -0.167. The van der Waals surface area contributed by atoms with Crippen LogP contribution < -0.4 is 0 Å². The van der Waals surface area contributed by atoms with Crippen LogP contribution in [0.15, 0.2) is 0 Å². The molecule has 0 aromatic heterocycles. The molecule has 8 heteroatoms. The maximum Gasteiger partial charge on any atom is 0.306 e. The van der Waals surface area contributed by atoms with E-state index in [1.165, 1.54) is 270 Å². The Morgan fingerprint density at radius 3 is 0.737 bits per heavy atom. The second kappa shape index (κ2) is 69.4. The highest BCUT2D eigenvalue weighted by molar-refractivity contribution is 5.71. The Morgan fingerprint density at radius 1 is 0.276 bits per heavy atom. The highest BCUT2D eigenvalue weighted by Crippen LogP contribution is 2.18. The molecule has 0 heterocycles. The first-order valence-corrected chi connectivity index (χ1v) is 34.1. The summed E-state index contributed by atoms with van der Waals surface area (Å²) in [6.45, 7) is 10.8. The fourth-order valence-corrected chi connectivity index (χ4v) is 10.1. The molecular weight excluding hydrogens is 945 g/mol. The number of carbonyl (C=O) groups is 3. The van der Waals surface area contributed by atoms with Gasteiger partial charge in [-0.3, -0.25) is 14.4 Å². The summed E-state index contributed by atoms with van der Waals surface area (Å²) in [5.74, 6) is -0.842. The van der Waals surface area contributed by atoms with E-state index in [2.05, 4.69) is 27.7 Å². The van der Waals surface area contributed by atoms with E-state index < -0.39 is 6.10 Å². The Balaban J connectivity index is 0. The lowest BCUT2D eigenvalue weighted by Crippen LogP contribution is -2.30. The average molecular weight is 1080 g/mol. The van der Waals surface area contributed by atoms with Crippen LogP contribution >= 0.6 is 0 Å². The number of hydrogen-bond donors (Lipinski definition) is 1. The lowest BCUT2D eigenvalue weighted by Gasteiger charge is -2.18. The zero-order chi connectivity index (χ0) is 55.6. The first kappa shape index (κ1) is 76.4. The number of aliphatic hydroxyl groups is 1. The minimum absolute atomic E-state index is 0.0619. The van der Waals surface area contributed by atoms with Crippen LogP contribution in [-0.2, 0) is 33.3 Å². The van der Waals surface area contributed by atoms with Crippen molar-refractivity contribution in [2.45, 2.75) is 387 Å². The van der Waals surface area contributed by atoms with Gasteiger partial charge in [0.25, 0.3) is 0 Å². The van der Waals surface area contributed by atoms with Gasteiger partial charge in [-0.1, -0.05) is 329 Å². The predicted molar refractivity (Wildman–Crippen MR) is 326 cm³/mol. The van der Waals surface area contributed by atoms with Gasteiger partial charge >= 0.3 is 17.9 Å². The van der Waals surface area contributed by atoms with Crippen LogP contribution in [-0.4, -0.2) is 62.2 Å². The number of carbonyl (C=O) groups excluding carboxylic acids is 3. The third kappa shape index (κ3) is 68.4. The summed E-state index contributed by atoms with van der Waals surface area (Å²) in [6.07, 6.45) is 66.7. The van der Waals surface area contributed by atoms with Gasteiger partial charge in [0.05, 0.1) is 0 Å². The minimum atomic E-state index is -0.759. The topological polar surface area (TPSA) is 108 Å². The van der Waals surface area contributed by atoms with Crippen LogP contribution in [0.2, 0.25) is 0 Å². The Morgan fingerprint density at radius 2 is 0.487 bits per heavy atom. The van der Waals surface area contributed by atoms with Crippen molar-refractivity contribution in [2.24, 2.45) is 0 Å². The highest BCUT2D eigenvalue weighted by Gasteiger charge is 2.19. The number of esters is 3. The van der Waals surface area contributed by atoms with Gasteiger partial charge in [-0.25, -0.2) is 0 Å². The van der Waals surface area contributed by atoms with Gasteiger partial charge in [-0.05, 0) is 32.1 Å². The van der Waals surface area contributed by atoms with Crippen molar-refractivity contribution in [1.82, 2.24) is 0 Å². The average Bonchev–Trinajstić information content (AvgIpc) is 3.42. The molecule has 0 saturated carbocycles. The number of ether oxygens (including phenoxy) is 4. The summed E-state index contributed by atoms with van der Waals surface area (Å²) >= 11 is 0. The molecule has 8 nitrogen and oxygen atoms in total.